The first-order chi connectivity index (χ1) is 8.08. The van der Waals surface area contributed by atoms with E-state index in [2.05, 4.69) is 15.9 Å². The van der Waals surface area contributed by atoms with E-state index in [4.69, 9.17) is 5.73 Å². The van der Waals surface area contributed by atoms with Crippen LogP contribution in [0.25, 0.3) is 11.1 Å². The molecule has 2 N–H and O–H groups in total. The first-order valence-electron chi connectivity index (χ1n) is 5.39. The first kappa shape index (κ1) is 12.3. The second-order valence-corrected chi connectivity index (χ2v) is 4.95. The van der Waals surface area contributed by atoms with Crippen LogP contribution in [0.3, 0.4) is 0 Å². The van der Waals surface area contributed by atoms with Crippen molar-refractivity contribution in [2.75, 3.05) is 0 Å². The number of nitrogens with two attached hydrogens (primary N) is 1. The normalized spacial score (nSPS) is 12.5. The van der Waals surface area contributed by atoms with Crippen LogP contribution < -0.4 is 5.73 Å². The number of benzene rings is 2. The molecule has 0 heterocycles. The van der Waals surface area contributed by atoms with Crippen molar-refractivity contribution in [2.45, 2.75) is 13.0 Å². The van der Waals surface area contributed by atoms with Gasteiger partial charge >= 0.3 is 0 Å². The maximum atomic E-state index is 13.5. The average Bonchev–Trinajstić information content (AvgIpc) is 2.30. The summed E-state index contributed by atoms with van der Waals surface area (Å²) < 4.78 is 14.5. The molecule has 1 nitrogen and oxygen atoms in total. The fourth-order valence-corrected chi connectivity index (χ4v) is 1.98. The largest absolute Gasteiger partial charge is 0.324 e. The highest BCUT2D eigenvalue weighted by Crippen LogP contribution is 2.25. The summed E-state index contributed by atoms with van der Waals surface area (Å²) in [4.78, 5) is 0. The number of halogens is 2. The lowest BCUT2D eigenvalue weighted by atomic mass is 10.00. The minimum Gasteiger partial charge on any atom is -0.324 e. The first-order valence-corrected chi connectivity index (χ1v) is 6.18. The van der Waals surface area contributed by atoms with Crippen molar-refractivity contribution in [3.05, 3.63) is 58.3 Å². The van der Waals surface area contributed by atoms with Crippen LogP contribution in [-0.4, -0.2) is 0 Å². The Morgan fingerprint density at radius 1 is 1.06 bits per heavy atom. The summed E-state index contributed by atoms with van der Waals surface area (Å²) >= 11 is 3.39. The molecule has 2 aromatic rings. The van der Waals surface area contributed by atoms with Gasteiger partial charge in [0.05, 0.1) is 0 Å². The van der Waals surface area contributed by atoms with Crippen molar-refractivity contribution in [2.24, 2.45) is 5.73 Å². The Morgan fingerprint density at radius 3 is 2.24 bits per heavy atom. The van der Waals surface area contributed by atoms with Crippen LogP contribution in [0.2, 0.25) is 0 Å². The third-order valence-electron chi connectivity index (χ3n) is 2.66. The van der Waals surface area contributed by atoms with Crippen LogP contribution in [0.1, 0.15) is 18.5 Å². The van der Waals surface area contributed by atoms with Gasteiger partial charge in [0.15, 0.2) is 0 Å². The van der Waals surface area contributed by atoms with E-state index in [1.165, 1.54) is 6.07 Å². The van der Waals surface area contributed by atoms with Crippen LogP contribution in [0, 0.1) is 5.82 Å². The minimum absolute atomic E-state index is 0.249. The molecule has 0 fully saturated rings. The summed E-state index contributed by atoms with van der Waals surface area (Å²) in [6.45, 7) is 1.78. The van der Waals surface area contributed by atoms with Gasteiger partial charge in [0, 0.05) is 16.1 Å². The molecule has 1 unspecified atom stereocenters. The molecule has 88 valence electrons. The van der Waals surface area contributed by atoms with Gasteiger partial charge in [-0.25, -0.2) is 4.39 Å². The highest BCUT2D eigenvalue weighted by atomic mass is 79.9. The van der Waals surface area contributed by atoms with E-state index in [0.29, 0.717) is 5.56 Å². The van der Waals surface area contributed by atoms with Gasteiger partial charge in [0.2, 0.25) is 0 Å². The third-order valence-corrected chi connectivity index (χ3v) is 3.19. The molecular formula is C14H13BrFN. The summed E-state index contributed by atoms with van der Waals surface area (Å²) in [7, 11) is 0. The maximum absolute atomic E-state index is 13.5. The molecule has 0 saturated heterocycles. The molecule has 0 aliphatic heterocycles. The fraction of sp³-hybridized carbons (Fsp3) is 0.143. The van der Waals surface area contributed by atoms with Crippen molar-refractivity contribution >= 4 is 15.9 Å². The van der Waals surface area contributed by atoms with Crippen LogP contribution in [0.5, 0.6) is 0 Å². The second kappa shape index (κ2) is 4.98. The molecule has 2 aromatic carbocycles. The molecule has 0 bridgehead atoms. The van der Waals surface area contributed by atoms with Gasteiger partial charge in [-0.05, 0) is 42.3 Å². The predicted molar refractivity (Wildman–Crippen MR) is 72.1 cm³/mol. The Morgan fingerprint density at radius 2 is 1.65 bits per heavy atom. The smallest absolute Gasteiger partial charge is 0.128 e. The van der Waals surface area contributed by atoms with E-state index in [1.807, 2.05) is 30.3 Å². The van der Waals surface area contributed by atoms with Crippen LogP contribution >= 0.6 is 15.9 Å². The van der Waals surface area contributed by atoms with E-state index < -0.39 is 0 Å². The molecule has 0 aliphatic rings. The summed E-state index contributed by atoms with van der Waals surface area (Å²) in [6.07, 6.45) is 0. The molecule has 1 atom stereocenters. The fourth-order valence-electron chi connectivity index (χ4n) is 1.71. The zero-order valence-corrected chi connectivity index (χ0v) is 11.0. The summed E-state index contributed by atoms with van der Waals surface area (Å²) in [5.41, 5.74) is 8.31. The van der Waals surface area contributed by atoms with Gasteiger partial charge in [-0.3, -0.25) is 0 Å². The molecule has 3 heteroatoms. The summed E-state index contributed by atoms with van der Waals surface area (Å²) in [5, 5.41) is 0. The third kappa shape index (κ3) is 2.73. The molecule has 2 rings (SSSR count). The molecular weight excluding hydrogens is 281 g/mol. The van der Waals surface area contributed by atoms with Crippen molar-refractivity contribution in [3.63, 3.8) is 0 Å². The SMILES string of the molecule is CC(N)c1cc(-c2ccc(Br)cc2)ccc1F. The molecule has 0 aromatic heterocycles. The summed E-state index contributed by atoms with van der Waals surface area (Å²) in [6, 6.07) is 12.6. The average molecular weight is 294 g/mol. The lowest BCUT2D eigenvalue weighted by molar-refractivity contribution is 0.594. The van der Waals surface area contributed by atoms with E-state index in [0.717, 1.165) is 15.6 Å². The van der Waals surface area contributed by atoms with Crippen LogP contribution in [0.15, 0.2) is 46.9 Å². The molecule has 0 spiro atoms. The summed E-state index contributed by atoms with van der Waals surface area (Å²) in [5.74, 6) is -0.249. The van der Waals surface area contributed by atoms with E-state index in [1.54, 1.807) is 13.0 Å². The zero-order valence-electron chi connectivity index (χ0n) is 9.45. The predicted octanol–water partition coefficient (Wildman–Crippen LogP) is 4.27. The van der Waals surface area contributed by atoms with Crippen LogP contribution in [0.4, 0.5) is 4.39 Å². The Hall–Kier alpha value is -1.19. The number of rotatable bonds is 2. The highest BCUT2D eigenvalue weighted by molar-refractivity contribution is 9.10. The van der Waals surface area contributed by atoms with Crippen molar-refractivity contribution in [1.29, 1.82) is 0 Å². The topological polar surface area (TPSA) is 26.0 Å². The minimum atomic E-state index is -0.301. The van der Waals surface area contributed by atoms with Crippen molar-refractivity contribution in [3.8, 4) is 11.1 Å². The maximum Gasteiger partial charge on any atom is 0.128 e. The standard InChI is InChI=1S/C14H13BrFN/c1-9(17)13-8-11(4-7-14(13)16)10-2-5-12(15)6-3-10/h2-9H,17H2,1H3. The van der Waals surface area contributed by atoms with Gasteiger partial charge in [-0.1, -0.05) is 34.1 Å². The second-order valence-electron chi connectivity index (χ2n) is 4.03. The Kier molecular flexibility index (Phi) is 3.60. The van der Waals surface area contributed by atoms with Crippen molar-refractivity contribution in [1.82, 2.24) is 0 Å². The van der Waals surface area contributed by atoms with Gasteiger partial charge in [-0.15, -0.1) is 0 Å². The van der Waals surface area contributed by atoms with Gasteiger partial charge in [-0.2, -0.15) is 0 Å². The number of hydrogen-bond donors (Lipinski definition) is 1. The quantitative estimate of drug-likeness (QED) is 0.879. The number of hydrogen-bond acceptors (Lipinski definition) is 1. The lowest BCUT2D eigenvalue weighted by Crippen LogP contribution is -2.07. The Bertz CT molecular complexity index is 520. The molecule has 0 saturated carbocycles. The Balaban J connectivity index is 2.46. The molecule has 0 aliphatic carbocycles. The van der Waals surface area contributed by atoms with E-state index >= 15 is 0 Å². The Labute approximate surface area is 109 Å². The highest BCUT2D eigenvalue weighted by Gasteiger charge is 2.08. The van der Waals surface area contributed by atoms with Crippen LogP contribution in [-0.2, 0) is 0 Å². The van der Waals surface area contributed by atoms with E-state index in [-0.39, 0.29) is 11.9 Å². The monoisotopic (exact) mass is 293 g/mol. The molecule has 0 amide bonds. The lowest BCUT2D eigenvalue weighted by Gasteiger charge is -2.10. The van der Waals surface area contributed by atoms with E-state index in [9.17, 15) is 4.39 Å². The van der Waals surface area contributed by atoms with Gasteiger partial charge in [0.1, 0.15) is 5.82 Å². The zero-order chi connectivity index (χ0) is 12.4. The van der Waals surface area contributed by atoms with Gasteiger partial charge in [0.25, 0.3) is 0 Å². The molecule has 17 heavy (non-hydrogen) atoms. The molecule has 0 radical (unpaired) electrons. The van der Waals surface area contributed by atoms with Crippen molar-refractivity contribution < 1.29 is 4.39 Å². The van der Waals surface area contributed by atoms with Gasteiger partial charge < -0.3 is 5.73 Å².